The van der Waals surface area contributed by atoms with Crippen LogP contribution in [0.3, 0.4) is 0 Å². The van der Waals surface area contributed by atoms with Gasteiger partial charge in [0.05, 0.1) is 0 Å². The molecular weight excluding hydrogens is 383 g/mol. The Morgan fingerprint density at radius 3 is 2.24 bits per heavy atom. The van der Waals surface area contributed by atoms with Crippen molar-refractivity contribution in [1.82, 2.24) is 10.0 Å². The molecule has 0 radical (unpaired) electrons. The van der Waals surface area contributed by atoms with Gasteiger partial charge in [-0.2, -0.15) is 0 Å². The number of carbonyl (C=O) groups is 2. The van der Waals surface area contributed by atoms with Crippen LogP contribution < -0.4 is 5.73 Å². The van der Waals surface area contributed by atoms with Crippen LogP contribution in [0.4, 0.5) is 13.2 Å². The Kier molecular flexibility index (Phi) is 6.53. The molecule has 2 aromatic rings. The van der Waals surface area contributed by atoms with E-state index in [1.807, 2.05) is 0 Å². The van der Waals surface area contributed by atoms with Gasteiger partial charge in [-0.05, 0) is 43.0 Å². The van der Waals surface area contributed by atoms with Crippen LogP contribution in [0.15, 0.2) is 42.5 Å². The number of halogens is 3. The molecule has 0 saturated carbocycles. The van der Waals surface area contributed by atoms with Gasteiger partial charge in [-0.3, -0.25) is 14.6 Å². The number of hydrogen-bond donors (Lipinski definition) is 1. The van der Waals surface area contributed by atoms with Crippen molar-refractivity contribution >= 4 is 11.8 Å². The predicted octanol–water partition coefficient (Wildman–Crippen LogP) is 3.04. The first-order chi connectivity index (χ1) is 13.9. The van der Waals surface area contributed by atoms with Gasteiger partial charge in [-0.1, -0.05) is 18.2 Å². The van der Waals surface area contributed by atoms with Gasteiger partial charge >= 0.3 is 0 Å². The highest BCUT2D eigenvalue weighted by molar-refractivity contribution is 5.95. The van der Waals surface area contributed by atoms with E-state index in [0.717, 1.165) is 18.9 Å². The van der Waals surface area contributed by atoms with E-state index < -0.39 is 23.5 Å². The molecule has 0 aliphatic carbocycles. The maximum atomic E-state index is 13.8. The molecule has 1 unspecified atom stereocenters. The maximum Gasteiger partial charge on any atom is 0.272 e. The van der Waals surface area contributed by atoms with Crippen LogP contribution in [0.5, 0.6) is 0 Å². The summed E-state index contributed by atoms with van der Waals surface area (Å²) >= 11 is 0. The number of nitrogens with two attached hydrogens (primary N) is 1. The Hall–Kier alpha value is -2.87. The first-order valence-corrected chi connectivity index (χ1v) is 9.43. The van der Waals surface area contributed by atoms with Gasteiger partial charge in [0.25, 0.3) is 5.91 Å². The van der Waals surface area contributed by atoms with Gasteiger partial charge in [-0.15, -0.1) is 0 Å². The zero-order valence-electron chi connectivity index (χ0n) is 15.8. The van der Waals surface area contributed by atoms with Crippen LogP contribution in [0.1, 0.15) is 35.2 Å². The van der Waals surface area contributed by atoms with Crippen molar-refractivity contribution in [3.63, 3.8) is 0 Å². The molecule has 0 spiro atoms. The van der Waals surface area contributed by atoms with Crippen molar-refractivity contribution in [3.8, 4) is 0 Å². The highest BCUT2D eigenvalue weighted by Gasteiger charge is 2.30. The third kappa shape index (κ3) is 4.95. The lowest BCUT2D eigenvalue weighted by atomic mass is 10.0. The third-order valence-corrected chi connectivity index (χ3v) is 4.83. The second-order valence-electron chi connectivity index (χ2n) is 7.04. The lowest BCUT2D eigenvalue weighted by Gasteiger charge is -2.39. The number of nitrogens with zero attached hydrogens (tertiary/aromatic N) is 2. The monoisotopic (exact) mass is 405 g/mol. The van der Waals surface area contributed by atoms with Crippen molar-refractivity contribution in [2.45, 2.75) is 31.7 Å². The van der Waals surface area contributed by atoms with Gasteiger partial charge < -0.3 is 5.73 Å². The molecule has 1 aliphatic rings. The van der Waals surface area contributed by atoms with E-state index in [-0.39, 0.29) is 30.2 Å². The SMILES string of the molecule is NC(CC(=O)N1CCCCN1C(=O)c1ccccc1)Cc1cc(F)c(F)cc1F. The summed E-state index contributed by atoms with van der Waals surface area (Å²) in [5.74, 6) is -4.01. The summed E-state index contributed by atoms with van der Waals surface area (Å²) in [4.78, 5) is 25.6. The molecule has 0 aromatic heterocycles. The number of hydrogen-bond acceptors (Lipinski definition) is 3. The minimum Gasteiger partial charge on any atom is -0.327 e. The summed E-state index contributed by atoms with van der Waals surface area (Å²) in [5, 5.41) is 2.78. The molecule has 1 atom stereocenters. The van der Waals surface area contributed by atoms with Crippen molar-refractivity contribution in [2.75, 3.05) is 13.1 Å². The normalized spacial score (nSPS) is 15.3. The fraction of sp³-hybridized carbons (Fsp3) is 0.333. The number of carbonyl (C=O) groups excluding carboxylic acids is 2. The molecule has 2 aromatic carbocycles. The average molecular weight is 405 g/mol. The van der Waals surface area contributed by atoms with E-state index in [9.17, 15) is 22.8 Å². The number of rotatable bonds is 5. The second kappa shape index (κ2) is 9.09. The largest absolute Gasteiger partial charge is 0.327 e. The maximum absolute atomic E-state index is 13.8. The van der Waals surface area contributed by atoms with Crippen LogP contribution in [0.2, 0.25) is 0 Å². The Balaban J connectivity index is 1.68. The molecule has 1 heterocycles. The molecule has 0 bridgehead atoms. The van der Waals surface area contributed by atoms with Crippen LogP contribution >= 0.6 is 0 Å². The fourth-order valence-electron chi connectivity index (χ4n) is 3.37. The second-order valence-corrected chi connectivity index (χ2v) is 7.04. The highest BCUT2D eigenvalue weighted by Crippen LogP contribution is 2.19. The lowest BCUT2D eigenvalue weighted by molar-refractivity contribution is -0.148. The molecule has 154 valence electrons. The molecule has 29 heavy (non-hydrogen) atoms. The molecular formula is C21H22F3N3O2. The molecule has 2 N–H and O–H groups in total. The molecule has 8 heteroatoms. The minimum absolute atomic E-state index is 0.0972. The van der Waals surface area contributed by atoms with Crippen molar-refractivity contribution < 1.29 is 22.8 Å². The summed E-state index contributed by atoms with van der Waals surface area (Å²) in [6.45, 7) is 0.788. The quantitative estimate of drug-likeness (QED) is 0.778. The highest BCUT2D eigenvalue weighted by atomic mass is 19.2. The zero-order valence-corrected chi connectivity index (χ0v) is 15.8. The summed E-state index contributed by atoms with van der Waals surface area (Å²) in [6, 6.07) is 9.05. The number of benzene rings is 2. The van der Waals surface area contributed by atoms with Gasteiger partial charge in [0.15, 0.2) is 11.6 Å². The molecule has 1 saturated heterocycles. The van der Waals surface area contributed by atoms with Crippen LogP contribution in [0, 0.1) is 17.5 Å². The fourth-order valence-corrected chi connectivity index (χ4v) is 3.37. The van der Waals surface area contributed by atoms with Crippen LogP contribution in [0.25, 0.3) is 0 Å². The Labute approximate surface area is 166 Å². The van der Waals surface area contributed by atoms with E-state index in [1.54, 1.807) is 30.3 Å². The summed E-state index contributed by atoms with van der Waals surface area (Å²) in [7, 11) is 0. The molecule has 1 fully saturated rings. The van der Waals surface area contributed by atoms with E-state index in [4.69, 9.17) is 5.73 Å². The van der Waals surface area contributed by atoms with Crippen LogP contribution in [-0.2, 0) is 11.2 Å². The standard InChI is InChI=1S/C21H22F3N3O2/c22-17-13-19(24)18(23)11-15(17)10-16(25)12-20(28)26-8-4-5-9-27(26)21(29)14-6-2-1-3-7-14/h1-3,6-7,11,13,16H,4-5,8-10,12,25H2. The molecule has 5 nitrogen and oxygen atoms in total. The summed E-state index contributed by atoms with van der Waals surface area (Å²) in [6.07, 6.45) is 1.23. The smallest absolute Gasteiger partial charge is 0.272 e. The first-order valence-electron chi connectivity index (χ1n) is 9.43. The van der Waals surface area contributed by atoms with Crippen molar-refractivity contribution in [3.05, 3.63) is 71.0 Å². The van der Waals surface area contributed by atoms with Crippen molar-refractivity contribution in [1.29, 1.82) is 0 Å². The number of amides is 2. The Morgan fingerprint density at radius 1 is 0.931 bits per heavy atom. The van der Waals surface area contributed by atoms with E-state index in [0.29, 0.717) is 24.7 Å². The van der Waals surface area contributed by atoms with Gasteiger partial charge in [0, 0.05) is 37.2 Å². The van der Waals surface area contributed by atoms with E-state index in [2.05, 4.69) is 0 Å². The molecule has 2 amide bonds. The van der Waals surface area contributed by atoms with E-state index >= 15 is 0 Å². The Bertz CT molecular complexity index is 892. The summed E-state index contributed by atoms with van der Waals surface area (Å²) < 4.78 is 40.3. The average Bonchev–Trinajstić information content (AvgIpc) is 2.72. The van der Waals surface area contributed by atoms with Crippen LogP contribution in [-0.4, -0.2) is 41.0 Å². The molecule has 3 rings (SSSR count). The van der Waals surface area contributed by atoms with E-state index in [1.165, 1.54) is 10.0 Å². The van der Waals surface area contributed by atoms with Gasteiger partial charge in [-0.25, -0.2) is 18.2 Å². The predicted molar refractivity (Wildman–Crippen MR) is 101 cm³/mol. The Morgan fingerprint density at radius 2 is 1.55 bits per heavy atom. The molecule has 1 aliphatic heterocycles. The summed E-state index contributed by atoms with van der Waals surface area (Å²) in [5.41, 5.74) is 6.34. The zero-order chi connectivity index (χ0) is 21.0. The minimum atomic E-state index is -1.28. The topological polar surface area (TPSA) is 66.6 Å². The number of hydrazine groups is 1. The first kappa shape index (κ1) is 20.9. The van der Waals surface area contributed by atoms with Gasteiger partial charge in [0.2, 0.25) is 5.91 Å². The lowest BCUT2D eigenvalue weighted by Crippen LogP contribution is -2.54. The third-order valence-electron chi connectivity index (χ3n) is 4.83. The van der Waals surface area contributed by atoms with Gasteiger partial charge in [0.1, 0.15) is 5.82 Å². The van der Waals surface area contributed by atoms with Crippen molar-refractivity contribution in [2.24, 2.45) is 5.73 Å².